The van der Waals surface area contributed by atoms with Gasteiger partial charge in [-0.15, -0.1) is 4.83 Å². The van der Waals surface area contributed by atoms with Crippen LogP contribution in [0, 0.1) is 5.82 Å². The van der Waals surface area contributed by atoms with Gasteiger partial charge in [-0.3, -0.25) is 10.2 Å². The number of sulfonamides is 1. The second-order valence-corrected chi connectivity index (χ2v) is 7.02. The summed E-state index contributed by atoms with van der Waals surface area (Å²) in [5, 5.41) is 0.0481. The number of ether oxygens (including phenoxy) is 2. The number of methoxy groups -OCH3 is 1. The lowest BCUT2D eigenvalue weighted by atomic mass is 10.2. The van der Waals surface area contributed by atoms with E-state index in [-0.39, 0.29) is 10.6 Å². The molecule has 0 aliphatic rings. The molecule has 0 heterocycles. The van der Waals surface area contributed by atoms with Gasteiger partial charge in [0.2, 0.25) is 0 Å². The van der Waals surface area contributed by atoms with Crippen LogP contribution >= 0.6 is 11.6 Å². The van der Waals surface area contributed by atoms with Crippen LogP contribution in [0.1, 0.15) is 17.3 Å². The van der Waals surface area contributed by atoms with Crippen molar-refractivity contribution in [2.75, 3.05) is 13.7 Å². The van der Waals surface area contributed by atoms with Crippen LogP contribution in [-0.2, 0) is 10.0 Å². The van der Waals surface area contributed by atoms with Gasteiger partial charge < -0.3 is 9.47 Å². The van der Waals surface area contributed by atoms with Gasteiger partial charge in [-0.25, -0.2) is 12.8 Å². The van der Waals surface area contributed by atoms with Crippen molar-refractivity contribution < 1.29 is 27.1 Å². The Labute approximate surface area is 155 Å². The molecule has 0 fully saturated rings. The number of hydrogen-bond donors (Lipinski definition) is 2. The Kier molecular flexibility index (Phi) is 6.41. The number of carbonyl (C=O) groups excluding carboxylic acids is 1. The van der Waals surface area contributed by atoms with Crippen LogP contribution in [0.15, 0.2) is 41.3 Å². The molecular weight excluding hydrogens is 387 g/mol. The van der Waals surface area contributed by atoms with E-state index < -0.39 is 26.6 Å². The highest BCUT2D eigenvalue weighted by atomic mass is 35.5. The molecule has 0 unspecified atom stereocenters. The molecule has 0 aliphatic carbocycles. The molecule has 0 atom stereocenters. The summed E-state index contributed by atoms with van der Waals surface area (Å²) in [5.74, 6) is -1.05. The maximum absolute atomic E-state index is 13.8. The fourth-order valence-electron chi connectivity index (χ4n) is 2.02. The molecule has 2 aromatic rings. The van der Waals surface area contributed by atoms with Crippen LogP contribution in [0.4, 0.5) is 4.39 Å². The number of rotatable bonds is 7. The first-order chi connectivity index (χ1) is 12.3. The van der Waals surface area contributed by atoms with Crippen molar-refractivity contribution in [1.29, 1.82) is 0 Å². The molecule has 7 nitrogen and oxygen atoms in total. The molecule has 140 valence electrons. The van der Waals surface area contributed by atoms with Crippen molar-refractivity contribution in [3.63, 3.8) is 0 Å². The minimum absolute atomic E-state index is 0.0481. The van der Waals surface area contributed by atoms with Crippen molar-refractivity contribution in [3.05, 3.63) is 52.8 Å². The minimum Gasteiger partial charge on any atom is -0.493 e. The van der Waals surface area contributed by atoms with E-state index in [1.807, 2.05) is 10.3 Å². The third kappa shape index (κ3) is 4.63. The summed E-state index contributed by atoms with van der Waals surface area (Å²) in [6.07, 6.45) is 0. The predicted octanol–water partition coefficient (Wildman–Crippen LogP) is 2.51. The lowest BCUT2D eigenvalue weighted by Gasteiger charge is -2.12. The highest BCUT2D eigenvalue weighted by molar-refractivity contribution is 7.89. The molecular formula is C16H16ClFN2O5S. The molecule has 0 saturated heterocycles. The molecule has 0 aliphatic heterocycles. The number of halogens is 2. The third-order valence-corrected chi connectivity index (χ3v) is 4.72. The first kappa shape index (κ1) is 20.0. The van der Waals surface area contributed by atoms with Crippen molar-refractivity contribution in [2.24, 2.45) is 0 Å². The summed E-state index contributed by atoms with van der Waals surface area (Å²) in [4.78, 5) is 13.3. The summed E-state index contributed by atoms with van der Waals surface area (Å²) >= 11 is 5.59. The topological polar surface area (TPSA) is 93.7 Å². The predicted molar refractivity (Wildman–Crippen MR) is 93.4 cm³/mol. The molecule has 2 N–H and O–H groups in total. The van der Waals surface area contributed by atoms with Crippen molar-refractivity contribution in [1.82, 2.24) is 10.3 Å². The Morgan fingerprint density at radius 1 is 1.19 bits per heavy atom. The highest BCUT2D eigenvalue weighted by Crippen LogP contribution is 2.28. The number of carbonyl (C=O) groups is 1. The van der Waals surface area contributed by atoms with Gasteiger partial charge in [0.25, 0.3) is 15.9 Å². The minimum atomic E-state index is -4.31. The van der Waals surface area contributed by atoms with E-state index in [1.165, 1.54) is 31.4 Å². The SMILES string of the molecule is CCOc1ccc(C(=O)NNS(=O)(=O)c2ccc(Cl)cc2F)cc1OC. The zero-order valence-corrected chi connectivity index (χ0v) is 15.4. The van der Waals surface area contributed by atoms with E-state index in [4.69, 9.17) is 21.1 Å². The molecule has 0 spiro atoms. The van der Waals surface area contributed by atoms with Crippen LogP contribution in [0.25, 0.3) is 0 Å². The second kappa shape index (κ2) is 8.35. The van der Waals surface area contributed by atoms with Crippen LogP contribution in [0.3, 0.4) is 0 Å². The van der Waals surface area contributed by atoms with Crippen LogP contribution in [-0.4, -0.2) is 28.0 Å². The van der Waals surface area contributed by atoms with E-state index in [2.05, 4.69) is 0 Å². The maximum Gasteiger partial charge on any atom is 0.266 e. The van der Waals surface area contributed by atoms with Gasteiger partial charge in [0.05, 0.1) is 13.7 Å². The van der Waals surface area contributed by atoms with Gasteiger partial charge in [0.1, 0.15) is 10.7 Å². The Balaban J connectivity index is 2.15. The molecule has 0 saturated carbocycles. The lowest BCUT2D eigenvalue weighted by molar-refractivity contribution is 0.0944. The number of hydrogen-bond acceptors (Lipinski definition) is 5. The Morgan fingerprint density at radius 3 is 2.54 bits per heavy atom. The summed E-state index contributed by atoms with van der Waals surface area (Å²) in [5.41, 5.74) is 2.12. The zero-order valence-electron chi connectivity index (χ0n) is 13.9. The van der Waals surface area contributed by atoms with Gasteiger partial charge >= 0.3 is 0 Å². The first-order valence-corrected chi connectivity index (χ1v) is 9.22. The van der Waals surface area contributed by atoms with E-state index in [9.17, 15) is 17.6 Å². The third-order valence-electron chi connectivity index (χ3n) is 3.21. The summed E-state index contributed by atoms with van der Waals surface area (Å²) in [6, 6.07) is 7.40. The molecule has 0 radical (unpaired) electrons. The molecule has 2 aromatic carbocycles. The quantitative estimate of drug-likeness (QED) is 0.694. The van der Waals surface area contributed by atoms with Crippen LogP contribution in [0.5, 0.6) is 11.5 Å². The number of amides is 1. The average molecular weight is 403 g/mol. The molecule has 26 heavy (non-hydrogen) atoms. The van der Waals surface area contributed by atoms with Gasteiger partial charge in [-0.2, -0.15) is 0 Å². The van der Waals surface area contributed by atoms with E-state index in [1.54, 1.807) is 6.92 Å². The van der Waals surface area contributed by atoms with Crippen LogP contribution < -0.4 is 19.7 Å². The van der Waals surface area contributed by atoms with Crippen molar-refractivity contribution in [2.45, 2.75) is 11.8 Å². The zero-order chi connectivity index (χ0) is 19.3. The van der Waals surface area contributed by atoms with Gasteiger partial charge in [-0.1, -0.05) is 11.6 Å². The lowest BCUT2D eigenvalue weighted by Crippen LogP contribution is -2.41. The Morgan fingerprint density at radius 2 is 1.92 bits per heavy atom. The smallest absolute Gasteiger partial charge is 0.266 e. The summed E-state index contributed by atoms with van der Waals surface area (Å²) < 4.78 is 48.4. The fourth-order valence-corrected chi connectivity index (χ4v) is 3.08. The largest absolute Gasteiger partial charge is 0.493 e. The summed E-state index contributed by atoms with van der Waals surface area (Å²) in [6.45, 7) is 2.21. The second-order valence-electron chi connectivity index (χ2n) is 4.93. The first-order valence-electron chi connectivity index (χ1n) is 7.36. The van der Waals surface area contributed by atoms with Crippen LogP contribution in [0.2, 0.25) is 5.02 Å². The number of nitrogens with one attached hydrogen (secondary N) is 2. The molecule has 10 heteroatoms. The average Bonchev–Trinajstić information content (AvgIpc) is 2.60. The van der Waals surface area contributed by atoms with Gasteiger partial charge in [0.15, 0.2) is 11.5 Å². The molecule has 0 bridgehead atoms. The van der Waals surface area contributed by atoms with Gasteiger partial charge in [0, 0.05) is 10.6 Å². The Bertz CT molecular complexity index is 921. The molecule has 2 rings (SSSR count). The van der Waals surface area contributed by atoms with E-state index in [0.717, 1.165) is 12.1 Å². The van der Waals surface area contributed by atoms with Crippen molar-refractivity contribution >= 4 is 27.5 Å². The van der Waals surface area contributed by atoms with Gasteiger partial charge in [-0.05, 0) is 43.3 Å². The maximum atomic E-state index is 13.8. The molecule has 0 aromatic heterocycles. The van der Waals surface area contributed by atoms with E-state index >= 15 is 0 Å². The molecule has 1 amide bonds. The van der Waals surface area contributed by atoms with Crippen molar-refractivity contribution in [3.8, 4) is 11.5 Å². The monoisotopic (exact) mass is 402 g/mol. The standard InChI is InChI=1S/C16H16ClFN2O5S/c1-3-25-13-6-4-10(8-14(13)24-2)16(21)19-20-26(22,23)15-7-5-11(17)9-12(15)18/h4-9,20H,3H2,1-2H3,(H,19,21). The normalized spacial score (nSPS) is 11.1. The highest BCUT2D eigenvalue weighted by Gasteiger charge is 2.20. The summed E-state index contributed by atoms with van der Waals surface area (Å²) in [7, 11) is -2.91. The Hall–Kier alpha value is -2.36. The van der Waals surface area contributed by atoms with E-state index in [0.29, 0.717) is 18.1 Å². The number of hydrazine groups is 1. The number of benzene rings is 2. The fraction of sp³-hybridized carbons (Fsp3) is 0.188.